The van der Waals surface area contributed by atoms with Crippen LogP contribution in [0.15, 0.2) is 91.4 Å². The third kappa shape index (κ3) is 3.81. The maximum Gasteiger partial charge on any atom is 0.140 e. The number of pyridine rings is 1. The third-order valence-electron chi connectivity index (χ3n) is 5.07. The van der Waals surface area contributed by atoms with E-state index in [0.29, 0.717) is 10.6 Å². The highest BCUT2D eigenvalue weighted by molar-refractivity contribution is 7.23. The first-order valence-corrected chi connectivity index (χ1v) is 11.5. The molecule has 2 aromatic carbocycles. The molecule has 3 heterocycles. The van der Waals surface area contributed by atoms with Gasteiger partial charge in [0.2, 0.25) is 0 Å². The van der Waals surface area contributed by atoms with Gasteiger partial charge in [-0.2, -0.15) is 0 Å². The Bertz CT molecular complexity index is 1240. The highest BCUT2D eigenvalue weighted by Gasteiger charge is 2.30. The fraction of sp³-hybridized carbons (Fsp3) is 0.0800. The van der Waals surface area contributed by atoms with Crippen LogP contribution in [0.25, 0.3) is 31.6 Å². The molecule has 1 N–H and O–H groups in total. The Morgan fingerprint density at radius 1 is 0.806 bits per heavy atom. The Labute approximate surface area is 188 Å². The lowest BCUT2D eigenvalue weighted by Gasteiger charge is -2.20. The number of aromatic nitrogens is 3. The van der Waals surface area contributed by atoms with Crippen molar-refractivity contribution in [3.8, 4) is 31.6 Å². The molecule has 0 fully saturated rings. The average Bonchev–Trinajstić information content (AvgIpc) is 3.49. The van der Waals surface area contributed by atoms with Crippen molar-refractivity contribution in [2.45, 2.75) is 12.5 Å². The van der Waals surface area contributed by atoms with Crippen molar-refractivity contribution in [3.63, 3.8) is 0 Å². The first kappa shape index (κ1) is 19.8. The van der Waals surface area contributed by atoms with Crippen molar-refractivity contribution in [1.82, 2.24) is 15.0 Å². The molecule has 0 saturated carbocycles. The van der Waals surface area contributed by atoms with Crippen LogP contribution in [0.4, 0.5) is 0 Å². The van der Waals surface area contributed by atoms with Gasteiger partial charge in [-0.15, -0.1) is 22.7 Å². The van der Waals surface area contributed by atoms with Gasteiger partial charge in [-0.25, -0.2) is 9.97 Å². The zero-order valence-electron chi connectivity index (χ0n) is 16.8. The molecule has 0 aliphatic rings. The number of hydrogen-bond donors (Lipinski definition) is 1. The summed E-state index contributed by atoms with van der Waals surface area (Å²) in [7, 11) is 0. The minimum atomic E-state index is -1.21. The minimum Gasteiger partial charge on any atom is -0.378 e. The topological polar surface area (TPSA) is 58.9 Å². The van der Waals surface area contributed by atoms with Crippen LogP contribution < -0.4 is 0 Å². The average molecular weight is 442 g/mol. The van der Waals surface area contributed by atoms with E-state index in [4.69, 9.17) is 4.98 Å². The Balaban J connectivity index is 1.59. The summed E-state index contributed by atoms with van der Waals surface area (Å²) in [5, 5.41) is 12.6. The number of hydrogen-bond acceptors (Lipinski definition) is 6. The van der Waals surface area contributed by atoms with Crippen molar-refractivity contribution in [1.29, 1.82) is 0 Å². The second-order valence-electron chi connectivity index (χ2n) is 7.27. The van der Waals surface area contributed by atoms with Gasteiger partial charge >= 0.3 is 0 Å². The molecule has 5 rings (SSSR count). The van der Waals surface area contributed by atoms with E-state index in [9.17, 15) is 5.11 Å². The van der Waals surface area contributed by atoms with Crippen molar-refractivity contribution >= 4 is 22.7 Å². The van der Waals surface area contributed by atoms with Gasteiger partial charge in [-0.05, 0) is 18.6 Å². The summed E-state index contributed by atoms with van der Waals surface area (Å²) in [5.74, 6) is 0. The van der Waals surface area contributed by atoms with E-state index in [-0.39, 0.29) is 0 Å². The molecule has 4 nitrogen and oxygen atoms in total. The van der Waals surface area contributed by atoms with E-state index in [0.717, 1.165) is 31.6 Å². The van der Waals surface area contributed by atoms with Gasteiger partial charge in [0.1, 0.15) is 15.6 Å². The van der Waals surface area contributed by atoms with Crippen LogP contribution in [0, 0.1) is 0 Å². The number of nitrogens with zero attached hydrogens (tertiary/aromatic N) is 3. The van der Waals surface area contributed by atoms with Gasteiger partial charge < -0.3 is 5.11 Å². The highest BCUT2D eigenvalue weighted by Crippen LogP contribution is 2.43. The van der Waals surface area contributed by atoms with E-state index in [2.05, 4.69) is 34.2 Å². The second-order valence-corrected chi connectivity index (χ2v) is 9.30. The SMILES string of the molecule is CC(O)(c1cccnc1)c1ncc(-c2nc(-c3ccccc3)c(-c3ccccc3)s2)s1. The molecule has 6 heteroatoms. The first-order chi connectivity index (χ1) is 15.1. The highest BCUT2D eigenvalue weighted by atomic mass is 32.1. The van der Waals surface area contributed by atoms with Gasteiger partial charge in [-0.3, -0.25) is 4.98 Å². The lowest BCUT2D eigenvalue weighted by Crippen LogP contribution is -2.22. The van der Waals surface area contributed by atoms with Crippen LogP contribution in [0.3, 0.4) is 0 Å². The molecule has 0 saturated heterocycles. The number of aliphatic hydroxyl groups is 1. The molecule has 5 aromatic rings. The van der Waals surface area contributed by atoms with E-state index in [1.165, 1.54) is 11.3 Å². The summed E-state index contributed by atoms with van der Waals surface area (Å²) in [6, 6.07) is 24.2. The van der Waals surface area contributed by atoms with Gasteiger partial charge in [0, 0.05) is 29.7 Å². The summed E-state index contributed by atoms with van der Waals surface area (Å²) in [4.78, 5) is 15.7. The largest absolute Gasteiger partial charge is 0.378 e. The molecule has 0 amide bonds. The maximum atomic E-state index is 11.1. The molecule has 0 bridgehead atoms. The zero-order chi connectivity index (χ0) is 21.3. The quantitative estimate of drug-likeness (QED) is 0.350. The summed E-state index contributed by atoms with van der Waals surface area (Å²) in [6.45, 7) is 1.75. The molecule has 31 heavy (non-hydrogen) atoms. The molecule has 0 radical (unpaired) electrons. The fourth-order valence-corrected chi connectivity index (χ4v) is 5.49. The van der Waals surface area contributed by atoms with Crippen molar-refractivity contribution < 1.29 is 5.11 Å². The van der Waals surface area contributed by atoms with E-state index in [1.54, 1.807) is 36.9 Å². The summed E-state index contributed by atoms with van der Waals surface area (Å²) in [5.41, 5.74) is 2.68. The molecule has 0 spiro atoms. The molecular formula is C25H19N3OS2. The summed E-state index contributed by atoms with van der Waals surface area (Å²) < 4.78 is 0. The monoisotopic (exact) mass is 441 g/mol. The lowest BCUT2D eigenvalue weighted by molar-refractivity contribution is 0.101. The summed E-state index contributed by atoms with van der Waals surface area (Å²) >= 11 is 3.10. The maximum absolute atomic E-state index is 11.1. The molecule has 3 aromatic heterocycles. The third-order valence-corrected chi connectivity index (χ3v) is 7.55. The van der Waals surface area contributed by atoms with Crippen LogP contribution in [0.5, 0.6) is 0 Å². The van der Waals surface area contributed by atoms with Gasteiger partial charge in [0.15, 0.2) is 0 Å². The Morgan fingerprint density at radius 2 is 1.52 bits per heavy atom. The van der Waals surface area contributed by atoms with Crippen LogP contribution in [0.1, 0.15) is 17.5 Å². The molecule has 0 aliphatic carbocycles. The van der Waals surface area contributed by atoms with Crippen molar-refractivity contribution in [3.05, 3.63) is 102 Å². The predicted molar refractivity (Wildman–Crippen MR) is 127 cm³/mol. The van der Waals surface area contributed by atoms with E-state index >= 15 is 0 Å². The molecule has 1 unspecified atom stereocenters. The first-order valence-electron chi connectivity index (χ1n) is 9.84. The molecular weight excluding hydrogens is 422 g/mol. The number of thiazole rings is 2. The number of rotatable bonds is 5. The Kier molecular flexibility index (Phi) is 5.19. The van der Waals surface area contributed by atoms with Crippen LogP contribution in [-0.4, -0.2) is 20.1 Å². The Morgan fingerprint density at radius 3 is 2.19 bits per heavy atom. The standard InChI is InChI=1S/C25H19N3OS2/c1-25(29,19-13-8-14-26-15-19)24-27-16-20(30-24)23-28-21(17-9-4-2-5-10-17)22(31-23)18-11-6-3-7-12-18/h2-16,29H,1H3. The molecule has 1 atom stereocenters. The lowest BCUT2D eigenvalue weighted by atomic mass is 9.99. The second kappa shape index (κ2) is 8.15. The minimum absolute atomic E-state index is 0.619. The molecule has 152 valence electrons. The fourth-order valence-electron chi connectivity index (χ4n) is 3.37. The van der Waals surface area contributed by atoms with Gasteiger partial charge in [0.05, 0.1) is 15.4 Å². The van der Waals surface area contributed by atoms with Gasteiger partial charge in [-0.1, -0.05) is 66.7 Å². The van der Waals surface area contributed by atoms with Crippen LogP contribution >= 0.6 is 22.7 Å². The van der Waals surface area contributed by atoms with Crippen LogP contribution in [-0.2, 0) is 5.60 Å². The van der Waals surface area contributed by atoms with Crippen LogP contribution in [0.2, 0.25) is 0 Å². The number of benzene rings is 2. The zero-order valence-corrected chi connectivity index (χ0v) is 18.4. The Hall–Kier alpha value is -3.19. The van der Waals surface area contributed by atoms with E-state index < -0.39 is 5.60 Å². The smallest absolute Gasteiger partial charge is 0.140 e. The van der Waals surface area contributed by atoms with Crippen molar-refractivity contribution in [2.24, 2.45) is 0 Å². The normalized spacial score (nSPS) is 13.1. The predicted octanol–water partition coefficient (Wildman–Crippen LogP) is 6.25. The summed E-state index contributed by atoms with van der Waals surface area (Å²) in [6.07, 6.45) is 5.16. The van der Waals surface area contributed by atoms with Gasteiger partial charge in [0.25, 0.3) is 0 Å². The van der Waals surface area contributed by atoms with E-state index in [1.807, 2.05) is 48.5 Å². The molecule has 0 aliphatic heterocycles. The van der Waals surface area contributed by atoms with Crippen molar-refractivity contribution in [2.75, 3.05) is 0 Å².